The van der Waals surface area contributed by atoms with E-state index < -0.39 is 5.97 Å². The predicted octanol–water partition coefficient (Wildman–Crippen LogP) is 3.96. The van der Waals surface area contributed by atoms with Crippen LogP contribution in [0.2, 0.25) is 0 Å². The van der Waals surface area contributed by atoms with Crippen LogP contribution in [0, 0.1) is 0 Å². The van der Waals surface area contributed by atoms with Gasteiger partial charge in [-0.2, -0.15) is 0 Å². The van der Waals surface area contributed by atoms with Gasteiger partial charge >= 0.3 is 5.97 Å². The van der Waals surface area contributed by atoms with E-state index in [0.717, 1.165) is 19.5 Å². The van der Waals surface area contributed by atoms with Gasteiger partial charge in [0.25, 0.3) is 0 Å². The van der Waals surface area contributed by atoms with Crippen molar-refractivity contribution < 1.29 is 14.7 Å². The number of rotatable bonds is 11. The molecule has 0 radical (unpaired) electrons. The zero-order valence-corrected chi connectivity index (χ0v) is 15.3. The molecule has 138 valence electrons. The van der Waals surface area contributed by atoms with Crippen molar-refractivity contribution in [1.29, 1.82) is 0 Å². The van der Waals surface area contributed by atoms with Crippen LogP contribution in [0.5, 0.6) is 0 Å². The van der Waals surface area contributed by atoms with E-state index in [0.29, 0.717) is 18.8 Å². The number of carbonyl (C=O) groups is 2. The van der Waals surface area contributed by atoms with Crippen molar-refractivity contribution in [1.82, 2.24) is 4.90 Å². The molecule has 2 aromatic carbocycles. The molecule has 0 unspecified atom stereocenters. The molecule has 0 saturated carbocycles. The molecule has 0 amide bonds. The Labute approximate surface area is 155 Å². The number of Topliss-reactive ketones (excluding diaryl/α,β-unsaturated/α-hetero) is 1. The lowest BCUT2D eigenvalue weighted by molar-refractivity contribution is -0.140. The summed E-state index contributed by atoms with van der Waals surface area (Å²) in [5.41, 5.74) is 2.62. The molecule has 0 heterocycles. The Balaban J connectivity index is 1.87. The summed E-state index contributed by atoms with van der Waals surface area (Å²) in [6, 6.07) is 21.0. The third kappa shape index (κ3) is 6.81. The minimum absolute atomic E-state index is 0.197. The van der Waals surface area contributed by atoms with Gasteiger partial charge in [0.05, 0.1) is 0 Å². The Bertz CT molecular complexity index is 646. The molecule has 0 aromatic heterocycles. The van der Waals surface area contributed by atoms with Gasteiger partial charge in [0.15, 0.2) is 0 Å². The predicted molar refractivity (Wildman–Crippen MR) is 103 cm³/mol. The number of carbonyl (C=O) groups excluding carboxylic acids is 1. The Morgan fingerprint density at radius 3 is 1.96 bits per heavy atom. The SMILES string of the molecule is CN(CCCC(=O)CC(=O)O)CCC(c1ccccc1)c1ccccc1. The summed E-state index contributed by atoms with van der Waals surface area (Å²) in [5, 5.41) is 8.62. The first kappa shape index (κ1) is 19.9. The molecule has 0 aliphatic carbocycles. The maximum Gasteiger partial charge on any atom is 0.310 e. The summed E-state index contributed by atoms with van der Waals surface area (Å²) < 4.78 is 0. The maximum absolute atomic E-state index is 11.5. The highest BCUT2D eigenvalue weighted by atomic mass is 16.4. The molecule has 0 aliphatic rings. The second-order valence-corrected chi connectivity index (χ2v) is 6.68. The van der Waals surface area contributed by atoms with Crippen LogP contribution >= 0.6 is 0 Å². The van der Waals surface area contributed by atoms with Crippen molar-refractivity contribution in [3.8, 4) is 0 Å². The summed E-state index contributed by atoms with van der Waals surface area (Å²) in [4.78, 5) is 24.2. The highest BCUT2D eigenvalue weighted by Crippen LogP contribution is 2.27. The lowest BCUT2D eigenvalue weighted by atomic mass is 9.88. The van der Waals surface area contributed by atoms with E-state index in [1.54, 1.807) is 0 Å². The van der Waals surface area contributed by atoms with Gasteiger partial charge in [-0.1, -0.05) is 60.7 Å². The molecule has 4 nitrogen and oxygen atoms in total. The number of hydrogen-bond donors (Lipinski definition) is 1. The number of ketones is 1. The maximum atomic E-state index is 11.5. The highest BCUT2D eigenvalue weighted by Gasteiger charge is 2.15. The van der Waals surface area contributed by atoms with E-state index >= 15 is 0 Å². The number of benzene rings is 2. The number of carboxylic acid groups (broad SMARTS) is 1. The molecule has 1 N–H and O–H groups in total. The Morgan fingerprint density at radius 2 is 1.46 bits per heavy atom. The average molecular weight is 353 g/mol. The smallest absolute Gasteiger partial charge is 0.310 e. The standard InChI is InChI=1S/C22H27NO3/c1-23(15-8-13-20(24)17-22(25)26)16-14-21(18-9-4-2-5-10-18)19-11-6-3-7-12-19/h2-7,9-12,21H,8,13-17H2,1H3,(H,25,26). The van der Waals surface area contributed by atoms with Crippen molar-refractivity contribution in [3.63, 3.8) is 0 Å². The summed E-state index contributed by atoms with van der Waals surface area (Å²) >= 11 is 0. The quantitative estimate of drug-likeness (QED) is 0.621. The Morgan fingerprint density at radius 1 is 0.923 bits per heavy atom. The van der Waals surface area contributed by atoms with Gasteiger partial charge in [0, 0.05) is 12.3 Å². The lowest BCUT2D eigenvalue weighted by Crippen LogP contribution is -2.23. The molecule has 2 aromatic rings. The summed E-state index contributed by atoms with van der Waals surface area (Å²) in [5.74, 6) is -0.900. The van der Waals surface area contributed by atoms with Crippen LogP contribution in [0.1, 0.15) is 42.7 Å². The molecule has 4 heteroatoms. The first-order valence-corrected chi connectivity index (χ1v) is 9.08. The van der Waals surface area contributed by atoms with Crippen LogP contribution in [0.4, 0.5) is 0 Å². The van der Waals surface area contributed by atoms with E-state index in [4.69, 9.17) is 5.11 Å². The van der Waals surface area contributed by atoms with Gasteiger partial charge in [-0.3, -0.25) is 9.59 Å². The van der Waals surface area contributed by atoms with Gasteiger partial charge in [0.1, 0.15) is 12.2 Å². The van der Waals surface area contributed by atoms with Crippen LogP contribution in [0.15, 0.2) is 60.7 Å². The van der Waals surface area contributed by atoms with Crippen molar-refractivity contribution in [3.05, 3.63) is 71.8 Å². The molecule has 0 spiro atoms. The molecule has 2 rings (SSSR count). The fraction of sp³-hybridized carbons (Fsp3) is 0.364. The van der Waals surface area contributed by atoms with Crippen LogP contribution in [0.25, 0.3) is 0 Å². The minimum atomic E-state index is -1.04. The second kappa shape index (κ2) is 10.5. The van der Waals surface area contributed by atoms with E-state index in [9.17, 15) is 9.59 Å². The topological polar surface area (TPSA) is 57.6 Å². The third-order valence-electron chi connectivity index (χ3n) is 4.55. The van der Waals surface area contributed by atoms with Gasteiger partial charge in [-0.25, -0.2) is 0 Å². The molecular formula is C22H27NO3. The molecule has 26 heavy (non-hydrogen) atoms. The highest BCUT2D eigenvalue weighted by molar-refractivity contribution is 5.94. The van der Waals surface area contributed by atoms with Gasteiger partial charge in [-0.15, -0.1) is 0 Å². The van der Waals surface area contributed by atoms with Gasteiger partial charge < -0.3 is 10.0 Å². The zero-order valence-electron chi connectivity index (χ0n) is 15.3. The number of hydrogen-bond acceptors (Lipinski definition) is 3. The fourth-order valence-electron chi connectivity index (χ4n) is 3.16. The molecule has 0 fully saturated rings. The molecule has 0 atom stereocenters. The average Bonchev–Trinajstić information content (AvgIpc) is 2.63. The van der Waals surface area contributed by atoms with Crippen LogP contribution < -0.4 is 0 Å². The molecule has 0 saturated heterocycles. The minimum Gasteiger partial charge on any atom is -0.481 e. The normalized spacial score (nSPS) is 11.0. The lowest BCUT2D eigenvalue weighted by Gasteiger charge is -2.22. The van der Waals surface area contributed by atoms with Crippen LogP contribution in [-0.2, 0) is 9.59 Å². The fourth-order valence-corrected chi connectivity index (χ4v) is 3.16. The van der Waals surface area contributed by atoms with Crippen molar-refractivity contribution >= 4 is 11.8 Å². The van der Waals surface area contributed by atoms with Gasteiger partial charge in [0.2, 0.25) is 0 Å². The first-order valence-electron chi connectivity index (χ1n) is 9.08. The van der Waals surface area contributed by atoms with E-state index in [1.807, 2.05) is 12.1 Å². The first-order chi connectivity index (χ1) is 12.6. The van der Waals surface area contributed by atoms with Crippen molar-refractivity contribution in [2.45, 2.75) is 31.6 Å². The van der Waals surface area contributed by atoms with E-state index in [1.165, 1.54) is 11.1 Å². The molecule has 0 bridgehead atoms. The van der Waals surface area contributed by atoms with Gasteiger partial charge in [-0.05, 0) is 44.1 Å². The second-order valence-electron chi connectivity index (χ2n) is 6.68. The zero-order chi connectivity index (χ0) is 18.8. The molecule has 0 aliphatic heterocycles. The van der Waals surface area contributed by atoms with Crippen molar-refractivity contribution in [2.75, 3.05) is 20.1 Å². The third-order valence-corrected chi connectivity index (χ3v) is 4.55. The summed E-state index contributed by atoms with van der Waals surface area (Å²) in [6.07, 6.45) is 1.66. The van der Waals surface area contributed by atoms with E-state index in [2.05, 4.69) is 60.5 Å². The van der Waals surface area contributed by atoms with E-state index in [-0.39, 0.29) is 12.2 Å². The van der Waals surface area contributed by atoms with Crippen LogP contribution in [0.3, 0.4) is 0 Å². The molecular weight excluding hydrogens is 326 g/mol. The number of nitrogens with zero attached hydrogens (tertiary/aromatic N) is 1. The van der Waals surface area contributed by atoms with Crippen LogP contribution in [-0.4, -0.2) is 41.9 Å². The number of aliphatic carboxylic acids is 1. The largest absolute Gasteiger partial charge is 0.481 e. The number of carboxylic acids is 1. The Kier molecular flexibility index (Phi) is 8.03. The summed E-state index contributed by atoms with van der Waals surface area (Å²) in [7, 11) is 2.05. The van der Waals surface area contributed by atoms with Crippen molar-refractivity contribution in [2.24, 2.45) is 0 Å². The monoisotopic (exact) mass is 353 g/mol. The summed E-state index contributed by atoms with van der Waals surface area (Å²) in [6.45, 7) is 1.71. The Hall–Kier alpha value is -2.46.